The maximum absolute atomic E-state index is 11.5. The van der Waals surface area contributed by atoms with Gasteiger partial charge in [0.15, 0.2) is 0 Å². The van der Waals surface area contributed by atoms with Crippen LogP contribution in [0.2, 0.25) is 0 Å². The average Bonchev–Trinajstić information content (AvgIpc) is 3.07. The van der Waals surface area contributed by atoms with Gasteiger partial charge in [-0.3, -0.25) is 10.1 Å². The zero-order valence-electron chi connectivity index (χ0n) is 14.9. The van der Waals surface area contributed by atoms with E-state index in [9.17, 15) is 10.1 Å². The van der Waals surface area contributed by atoms with Crippen molar-refractivity contribution in [3.05, 3.63) is 106 Å². The van der Waals surface area contributed by atoms with Gasteiger partial charge in [0.25, 0.3) is 0 Å². The lowest BCUT2D eigenvalue weighted by molar-refractivity contribution is -0.482. The van der Waals surface area contributed by atoms with Gasteiger partial charge in [0, 0.05) is 16.7 Å². The largest absolute Gasteiger partial charge is 0.303 e. The number of hydrogen-bond donors (Lipinski definition) is 0. The van der Waals surface area contributed by atoms with Gasteiger partial charge in [-0.05, 0) is 24.6 Å². The minimum atomic E-state index is -0.395. The Morgan fingerprint density at radius 1 is 1.00 bits per heavy atom. The molecule has 2 aromatic carbocycles. The molecular formula is C22H19N3O2. The quantitative estimate of drug-likeness (QED) is 0.384. The minimum absolute atomic E-state index is 0.189. The van der Waals surface area contributed by atoms with Crippen molar-refractivity contribution in [1.82, 2.24) is 9.38 Å². The van der Waals surface area contributed by atoms with E-state index in [1.807, 2.05) is 90.3 Å². The summed E-state index contributed by atoms with van der Waals surface area (Å²) in [6.45, 7) is 1.82. The van der Waals surface area contributed by atoms with E-state index in [1.165, 1.54) is 0 Å². The number of nitro groups is 1. The fourth-order valence-electron chi connectivity index (χ4n) is 3.45. The van der Waals surface area contributed by atoms with E-state index >= 15 is 0 Å². The molecule has 0 fully saturated rings. The van der Waals surface area contributed by atoms with Crippen LogP contribution in [-0.2, 0) is 0 Å². The summed E-state index contributed by atoms with van der Waals surface area (Å²) in [6.07, 6.45) is 1.92. The first kappa shape index (κ1) is 17.0. The summed E-state index contributed by atoms with van der Waals surface area (Å²) in [5.74, 6) is -0.395. The summed E-state index contributed by atoms with van der Waals surface area (Å²) in [5, 5.41) is 11.5. The number of hydrogen-bond acceptors (Lipinski definition) is 3. The van der Waals surface area contributed by atoms with Crippen LogP contribution in [0.5, 0.6) is 0 Å². The first-order valence-corrected chi connectivity index (χ1v) is 8.84. The van der Waals surface area contributed by atoms with Crippen LogP contribution in [0.3, 0.4) is 0 Å². The predicted octanol–water partition coefficient (Wildman–Crippen LogP) is 4.72. The Labute approximate surface area is 157 Å². The molecule has 1 atom stereocenters. The molecule has 0 saturated carbocycles. The molecule has 4 rings (SSSR count). The van der Waals surface area contributed by atoms with Crippen molar-refractivity contribution in [2.45, 2.75) is 12.8 Å². The molecule has 0 radical (unpaired) electrons. The van der Waals surface area contributed by atoms with Gasteiger partial charge in [0.1, 0.15) is 5.65 Å². The maximum Gasteiger partial charge on any atom is 0.216 e. The van der Waals surface area contributed by atoms with Gasteiger partial charge in [-0.15, -0.1) is 0 Å². The molecule has 0 aliphatic carbocycles. The van der Waals surface area contributed by atoms with E-state index < -0.39 is 5.92 Å². The second-order valence-corrected chi connectivity index (χ2v) is 6.62. The lowest BCUT2D eigenvalue weighted by atomic mass is 9.92. The highest BCUT2D eigenvalue weighted by Crippen LogP contribution is 2.34. The van der Waals surface area contributed by atoms with Gasteiger partial charge < -0.3 is 4.40 Å². The predicted molar refractivity (Wildman–Crippen MR) is 106 cm³/mol. The van der Waals surface area contributed by atoms with Crippen LogP contribution < -0.4 is 0 Å². The second-order valence-electron chi connectivity index (χ2n) is 6.62. The summed E-state index contributed by atoms with van der Waals surface area (Å²) in [6, 6.07) is 23.5. The second kappa shape index (κ2) is 7.03. The molecule has 0 amide bonds. The lowest BCUT2D eigenvalue weighted by Gasteiger charge is -2.16. The third-order valence-corrected chi connectivity index (χ3v) is 4.76. The first-order chi connectivity index (χ1) is 13.1. The lowest BCUT2D eigenvalue weighted by Crippen LogP contribution is -2.16. The molecule has 0 aliphatic rings. The van der Waals surface area contributed by atoms with Gasteiger partial charge in [0.2, 0.25) is 6.54 Å². The molecular weight excluding hydrogens is 338 g/mol. The zero-order chi connectivity index (χ0) is 18.8. The number of imidazole rings is 1. The summed E-state index contributed by atoms with van der Waals surface area (Å²) >= 11 is 0. The third-order valence-electron chi connectivity index (χ3n) is 4.76. The molecule has 5 heteroatoms. The Hall–Kier alpha value is -3.47. The Morgan fingerprint density at radius 3 is 2.41 bits per heavy atom. The van der Waals surface area contributed by atoms with Crippen LogP contribution in [-0.4, -0.2) is 20.9 Å². The Kier molecular flexibility index (Phi) is 4.42. The number of aromatic nitrogens is 2. The van der Waals surface area contributed by atoms with Crippen molar-refractivity contribution in [2.75, 3.05) is 6.54 Å². The van der Waals surface area contributed by atoms with Crippen molar-refractivity contribution in [2.24, 2.45) is 0 Å². The summed E-state index contributed by atoms with van der Waals surface area (Å²) in [4.78, 5) is 16.1. The normalized spacial score (nSPS) is 12.2. The number of pyridine rings is 1. The van der Waals surface area contributed by atoms with Crippen LogP contribution in [0.4, 0.5) is 0 Å². The van der Waals surface area contributed by atoms with Gasteiger partial charge >= 0.3 is 0 Å². The zero-order valence-corrected chi connectivity index (χ0v) is 14.9. The number of aryl methyl sites for hydroxylation is 1. The SMILES string of the molecule is Cc1ccc(C(C[N+](=O)[O-])c2c(-c3ccccc3)nc3ccccn23)cc1. The highest BCUT2D eigenvalue weighted by atomic mass is 16.6. The molecule has 2 heterocycles. The van der Waals surface area contributed by atoms with Crippen molar-refractivity contribution in [1.29, 1.82) is 0 Å². The van der Waals surface area contributed by atoms with Crippen LogP contribution in [0.1, 0.15) is 22.7 Å². The molecule has 134 valence electrons. The topological polar surface area (TPSA) is 60.4 Å². The Balaban J connectivity index is 1.98. The summed E-state index contributed by atoms with van der Waals surface area (Å²) in [5.41, 5.74) is 5.41. The van der Waals surface area contributed by atoms with Crippen LogP contribution in [0, 0.1) is 17.0 Å². The highest BCUT2D eigenvalue weighted by Gasteiger charge is 2.28. The molecule has 1 unspecified atom stereocenters. The van der Waals surface area contributed by atoms with E-state index in [1.54, 1.807) is 0 Å². The monoisotopic (exact) mass is 357 g/mol. The smallest absolute Gasteiger partial charge is 0.216 e. The number of nitrogens with zero attached hydrogens (tertiary/aromatic N) is 3. The average molecular weight is 357 g/mol. The van der Waals surface area contributed by atoms with Crippen molar-refractivity contribution >= 4 is 5.65 Å². The molecule has 27 heavy (non-hydrogen) atoms. The summed E-state index contributed by atoms with van der Waals surface area (Å²) < 4.78 is 1.97. The Morgan fingerprint density at radius 2 is 1.70 bits per heavy atom. The van der Waals surface area contributed by atoms with Crippen LogP contribution in [0.25, 0.3) is 16.9 Å². The molecule has 5 nitrogen and oxygen atoms in total. The molecule has 0 bridgehead atoms. The molecule has 0 aliphatic heterocycles. The number of fused-ring (bicyclic) bond motifs is 1. The van der Waals surface area contributed by atoms with Crippen LogP contribution >= 0.6 is 0 Å². The van der Waals surface area contributed by atoms with Gasteiger partial charge in [-0.25, -0.2) is 4.98 Å². The number of benzene rings is 2. The van der Waals surface area contributed by atoms with Gasteiger partial charge in [-0.2, -0.15) is 0 Å². The van der Waals surface area contributed by atoms with Crippen molar-refractivity contribution in [3.8, 4) is 11.3 Å². The molecule has 0 spiro atoms. The van der Waals surface area contributed by atoms with E-state index in [4.69, 9.17) is 4.98 Å². The number of rotatable bonds is 5. The Bertz CT molecular complexity index is 1090. The third kappa shape index (κ3) is 3.31. The van der Waals surface area contributed by atoms with E-state index in [2.05, 4.69) is 0 Å². The first-order valence-electron chi connectivity index (χ1n) is 8.84. The van der Waals surface area contributed by atoms with E-state index in [-0.39, 0.29) is 11.5 Å². The van der Waals surface area contributed by atoms with E-state index in [0.29, 0.717) is 0 Å². The van der Waals surface area contributed by atoms with Crippen LogP contribution in [0.15, 0.2) is 79.0 Å². The molecule has 2 aromatic heterocycles. The fourth-order valence-corrected chi connectivity index (χ4v) is 3.45. The van der Waals surface area contributed by atoms with Gasteiger partial charge in [-0.1, -0.05) is 66.2 Å². The molecule has 4 aromatic rings. The highest BCUT2D eigenvalue weighted by molar-refractivity contribution is 5.68. The van der Waals surface area contributed by atoms with Crippen molar-refractivity contribution < 1.29 is 4.92 Å². The van der Waals surface area contributed by atoms with Crippen molar-refractivity contribution in [3.63, 3.8) is 0 Å². The van der Waals surface area contributed by atoms with Gasteiger partial charge in [0.05, 0.1) is 17.3 Å². The maximum atomic E-state index is 11.5. The standard InChI is InChI=1S/C22H19N3O2/c1-16-10-12-17(13-11-16)19(15-25(26)27)22-21(18-7-3-2-4-8-18)23-20-9-5-6-14-24(20)22/h2-14,19H,15H2,1H3. The molecule has 0 saturated heterocycles. The fraction of sp³-hybridized carbons (Fsp3) is 0.136. The van der Waals surface area contributed by atoms with E-state index in [0.717, 1.165) is 33.7 Å². The summed E-state index contributed by atoms with van der Waals surface area (Å²) in [7, 11) is 0. The minimum Gasteiger partial charge on any atom is -0.303 e. The molecule has 0 N–H and O–H groups in total.